The predicted octanol–water partition coefficient (Wildman–Crippen LogP) is 7.83. The first kappa shape index (κ1) is 54.2. The molecule has 16 nitrogen and oxygen atoms in total. The lowest BCUT2D eigenvalue weighted by atomic mass is 9.88. The first-order chi connectivity index (χ1) is 32.1. The fraction of sp³-hybridized carbons (Fsp3) is 0.519. The maximum Gasteiger partial charge on any atom is 0.407 e. The second-order valence-corrected chi connectivity index (χ2v) is 19.0. The van der Waals surface area contributed by atoms with Crippen LogP contribution in [0.25, 0.3) is 11.1 Å². The molecule has 0 aromatic heterocycles. The number of hydrogen-bond acceptors (Lipinski definition) is 12. The summed E-state index contributed by atoms with van der Waals surface area (Å²) in [6.45, 7) is 16.1. The van der Waals surface area contributed by atoms with E-state index < -0.39 is 70.9 Å². The zero-order chi connectivity index (χ0) is 50.2. The zero-order valence-electron chi connectivity index (χ0n) is 41.3. The summed E-state index contributed by atoms with van der Waals surface area (Å²) in [5, 5.41) is 8.24. The summed E-state index contributed by atoms with van der Waals surface area (Å²) in [6.07, 6.45) is -1.03. The lowest BCUT2D eigenvalue weighted by Crippen LogP contribution is -2.45. The Hall–Kier alpha value is -6.45. The summed E-state index contributed by atoms with van der Waals surface area (Å²) in [6, 6.07) is 17.4. The number of hydrogen-bond donors (Lipinski definition) is 3. The van der Waals surface area contributed by atoms with Crippen LogP contribution in [0.2, 0.25) is 0 Å². The number of alkyl carbamates (subject to hydrolysis) is 2. The Morgan fingerprint density at radius 1 is 0.779 bits per heavy atom. The highest BCUT2D eigenvalue weighted by Gasteiger charge is 2.36. The molecule has 68 heavy (non-hydrogen) atoms. The first-order valence-corrected chi connectivity index (χ1v) is 23.4. The monoisotopic (exact) mass is 942 g/mol. The molecule has 1 aliphatic rings. The van der Waals surface area contributed by atoms with E-state index in [1.807, 2.05) is 31.2 Å². The van der Waals surface area contributed by atoms with Gasteiger partial charge in [-0.15, -0.1) is 0 Å². The third kappa shape index (κ3) is 17.0. The molecule has 0 saturated carbocycles. The molecule has 0 saturated heterocycles. The molecule has 4 bridgehead atoms. The van der Waals surface area contributed by atoms with Gasteiger partial charge in [0.1, 0.15) is 42.0 Å². The van der Waals surface area contributed by atoms with Crippen molar-refractivity contribution in [2.45, 2.75) is 131 Å². The predicted molar refractivity (Wildman–Crippen MR) is 256 cm³/mol. The van der Waals surface area contributed by atoms with Crippen LogP contribution in [-0.4, -0.2) is 97.0 Å². The molecule has 3 N–H and O–H groups in total. The van der Waals surface area contributed by atoms with Crippen LogP contribution in [0.1, 0.15) is 117 Å². The number of carbonyl (C=O) groups excluding carboxylic acids is 7. The molecule has 3 aromatic carbocycles. The molecule has 0 spiro atoms. The van der Waals surface area contributed by atoms with E-state index in [0.717, 1.165) is 5.56 Å². The third-order valence-electron chi connectivity index (χ3n) is 10.8. The van der Waals surface area contributed by atoms with Gasteiger partial charge in [-0.1, -0.05) is 63.2 Å². The number of Topliss-reactive ketones (excluding diaryl/α,β-unsaturated/α-hetero) is 2. The van der Waals surface area contributed by atoms with E-state index in [1.54, 1.807) is 97.9 Å². The van der Waals surface area contributed by atoms with E-state index in [0.29, 0.717) is 46.8 Å². The van der Waals surface area contributed by atoms with E-state index in [-0.39, 0.29) is 64.2 Å². The molecule has 0 radical (unpaired) electrons. The number of fused-ring (bicyclic) bond motifs is 5. The molecule has 16 heteroatoms. The molecule has 3 aromatic rings. The van der Waals surface area contributed by atoms with Crippen LogP contribution in [0.3, 0.4) is 0 Å². The Labute approximate surface area is 400 Å². The van der Waals surface area contributed by atoms with Gasteiger partial charge >= 0.3 is 18.2 Å². The van der Waals surface area contributed by atoms with Crippen molar-refractivity contribution in [1.82, 2.24) is 20.9 Å². The molecule has 0 unspecified atom stereocenters. The van der Waals surface area contributed by atoms with E-state index in [4.69, 9.17) is 23.7 Å². The topological polar surface area (TPSA) is 205 Å². The molecule has 0 fully saturated rings. The summed E-state index contributed by atoms with van der Waals surface area (Å²) in [4.78, 5) is 96.7. The summed E-state index contributed by atoms with van der Waals surface area (Å²) >= 11 is 0. The highest BCUT2D eigenvalue weighted by molar-refractivity contribution is 5.96. The SMILES string of the molecule is CCCOc1ccc2cc1-c1cc(ccc1OCCNC(=O)OC(C)(C)C)C[C@@H](C(=O)CC)NC(=O)[C@H](C)CC(=O)[C@H]2N(C)C(=O)[C@H](CCNC(=O)OC(C)(C)C)CC(=O)OCc1ccccc1. The Kier molecular flexibility index (Phi) is 20.0. The van der Waals surface area contributed by atoms with Crippen molar-refractivity contribution in [3.63, 3.8) is 0 Å². The second kappa shape index (κ2) is 25.1. The van der Waals surface area contributed by atoms with Crippen molar-refractivity contribution >= 4 is 41.5 Å². The molecule has 1 aliphatic heterocycles. The summed E-state index contributed by atoms with van der Waals surface area (Å²) < 4.78 is 29.0. The Morgan fingerprint density at radius 2 is 1.38 bits per heavy atom. The number of amides is 4. The quantitative estimate of drug-likeness (QED) is 0.0634. The van der Waals surface area contributed by atoms with Gasteiger partial charge < -0.3 is 44.5 Å². The number of esters is 1. The molecular formula is C52H70N4O12. The number of benzene rings is 3. The van der Waals surface area contributed by atoms with Gasteiger partial charge in [-0.2, -0.15) is 0 Å². The fourth-order valence-corrected chi connectivity index (χ4v) is 7.50. The Morgan fingerprint density at radius 3 is 2.00 bits per heavy atom. The van der Waals surface area contributed by atoms with Crippen LogP contribution in [0.4, 0.5) is 9.59 Å². The average Bonchev–Trinajstić information content (AvgIpc) is 3.27. The molecule has 4 amide bonds. The Bertz CT molecular complexity index is 2230. The van der Waals surface area contributed by atoms with Crippen LogP contribution in [0.5, 0.6) is 11.5 Å². The minimum Gasteiger partial charge on any atom is -0.493 e. The lowest BCUT2D eigenvalue weighted by Gasteiger charge is -2.32. The van der Waals surface area contributed by atoms with Crippen molar-refractivity contribution in [2.24, 2.45) is 11.8 Å². The summed E-state index contributed by atoms with van der Waals surface area (Å²) in [5.41, 5.74) is 1.39. The van der Waals surface area contributed by atoms with Crippen LogP contribution in [0.15, 0.2) is 66.7 Å². The van der Waals surface area contributed by atoms with Gasteiger partial charge in [-0.25, -0.2) is 9.59 Å². The van der Waals surface area contributed by atoms with Gasteiger partial charge in [0.05, 0.1) is 31.5 Å². The van der Waals surface area contributed by atoms with Crippen LogP contribution in [0, 0.1) is 11.8 Å². The van der Waals surface area contributed by atoms with Gasteiger partial charge in [-0.05, 0) is 102 Å². The van der Waals surface area contributed by atoms with Gasteiger partial charge in [0.2, 0.25) is 11.8 Å². The Balaban J connectivity index is 1.82. The van der Waals surface area contributed by atoms with E-state index in [9.17, 15) is 33.6 Å². The fourth-order valence-electron chi connectivity index (χ4n) is 7.50. The maximum atomic E-state index is 14.9. The molecule has 0 aliphatic carbocycles. The number of nitrogens with zero attached hydrogens (tertiary/aromatic N) is 1. The van der Waals surface area contributed by atoms with Gasteiger partial charge in [0, 0.05) is 43.5 Å². The van der Waals surface area contributed by atoms with Gasteiger partial charge in [0.15, 0.2) is 11.6 Å². The third-order valence-corrected chi connectivity index (χ3v) is 10.8. The van der Waals surface area contributed by atoms with Crippen LogP contribution >= 0.6 is 0 Å². The minimum absolute atomic E-state index is 0.0132. The average molecular weight is 943 g/mol. The van der Waals surface area contributed by atoms with Gasteiger partial charge in [0.25, 0.3) is 0 Å². The summed E-state index contributed by atoms with van der Waals surface area (Å²) in [5.74, 6) is -3.58. The van der Waals surface area contributed by atoms with Crippen molar-refractivity contribution in [3.8, 4) is 22.6 Å². The summed E-state index contributed by atoms with van der Waals surface area (Å²) in [7, 11) is 1.46. The highest BCUT2D eigenvalue weighted by atomic mass is 16.6. The zero-order valence-corrected chi connectivity index (χ0v) is 41.3. The number of ether oxygens (including phenoxy) is 5. The number of likely N-dealkylation sites (N-methyl/N-ethyl adjacent to an activating group) is 1. The second-order valence-electron chi connectivity index (χ2n) is 19.0. The highest BCUT2D eigenvalue weighted by Crippen LogP contribution is 2.41. The smallest absolute Gasteiger partial charge is 0.407 e. The molecule has 4 atom stereocenters. The van der Waals surface area contributed by atoms with E-state index >= 15 is 0 Å². The normalized spacial score (nSPS) is 16.8. The van der Waals surface area contributed by atoms with Crippen LogP contribution in [-0.2, 0) is 51.2 Å². The lowest BCUT2D eigenvalue weighted by molar-refractivity contribution is -0.151. The molecule has 4 rings (SSSR count). The first-order valence-electron chi connectivity index (χ1n) is 23.4. The minimum atomic E-state index is -1.29. The van der Waals surface area contributed by atoms with Crippen molar-refractivity contribution in [1.29, 1.82) is 0 Å². The van der Waals surface area contributed by atoms with Crippen LogP contribution < -0.4 is 25.4 Å². The van der Waals surface area contributed by atoms with Crippen molar-refractivity contribution < 1.29 is 57.2 Å². The largest absolute Gasteiger partial charge is 0.493 e. The van der Waals surface area contributed by atoms with E-state index in [1.165, 1.54) is 11.9 Å². The number of rotatable bonds is 18. The standard InChI is InChI=1S/C52H70N4O12/c1-11-25-64-44-21-19-36-30-39(44)38-28-35(18-20-43(38)65-26-24-54-50(63)68-52(7,8)9)29-40(41(57)12-2)55-47(60)33(3)27-42(58)46(36)56(10)48(61)37(22-23-53-49(62)67-51(4,5)6)31-45(59)66-32-34-16-14-13-15-17-34/h13-21,28,30,33,37,40,46H,11-12,22-27,29,31-32H2,1-10H3,(H,53,62)(H,54,63)(H,55,60)/t33-,37-,40+,46+/m1/s1. The molecular weight excluding hydrogens is 873 g/mol. The number of carbonyl (C=O) groups is 7. The number of nitrogens with one attached hydrogen (secondary N) is 3. The maximum absolute atomic E-state index is 14.9. The van der Waals surface area contributed by atoms with E-state index in [2.05, 4.69) is 16.0 Å². The number of ketones is 2. The van der Waals surface area contributed by atoms with Crippen molar-refractivity contribution in [3.05, 3.63) is 83.4 Å². The molecule has 1 heterocycles. The molecule has 370 valence electrons. The van der Waals surface area contributed by atoms with Crippen molar-refractivity contribution in [2.75, 3.05) is 33.4 Å². The van der Waals surface area contributed by atoms with Gasteiger partial charge in [-0.3, -0.25) is 24.0 Å².